The Morgan fingerprint density at radius 2 is 2.35 bits per heavy atom. The lowest BCUT2D eigenvalue weighted by atomic mass is 9.99. The van der Waals surface area contributed by atoms with E-state index in [1.807, 2.05) is 18.3 Å². The summed E-state index contributed by atoms with van der Waals surface area (Å²) in [4.78, 5) is 12.7. The van der Waals surface area contributed by atoms with Crippen LogP contribution in [0.5, 0.6) is 0 Å². The molecule has 2 aromatic rings. The van der Waals surface area contributed by atoms with Crippen molar-refractivity contribution in [2.45, 2.75) is 31.7 Å². The zero-order valence-electron chi connectivity index (χ0n) is 11.7. The molecule has 1 atom stereocenters. The Labute approximate surface area is 123 Å². The molecule has 3 rings (SSSR count). The van der Waals surface area contributed by atoms with Crippen LogP contribution in [-0.2, 0) is 12.8 Å². The third-order valence-electron chi connectivity index (χ3n) is 3.74. The van der Waals surface area contributed by atoms with Crippen molar-refractivity contribution >= 4 is 16.5 Å². The lowest BCUT2D eigenvalue weighted by molar-refractivity contribution is 0.563. The summed E-state index contributed by atoms with van der Waals surface area (Å²) in [5.41, 5.74) is 8.39. The Hall–Kier alpha value is -1.46. The van der Waals surface area contributed by atoms with Crippen LogP contribution in [0.25, 0.3) is 0 Å². The largest absolute Gasteiger partial charge is 0.351 e. The summed E-state index contributed by atoms with van der Waals surface area (Å²) in [6.45, 7) is 0.929. The topological polar surface area (TPSA) is 55.0 Å². The van der Waals surface area contributed by atoms with E-state index >= 15 is 0 Å². The van der Waals surface area contributed by atoms with Crippen LogP contribution in [0.3, 0.4) is 0 Å². The first-order valence-corrected chi connectivity index (χ1v) is 7.92. The Balaban J connectivity index is 1.67. The molecule has 0 bridgehead atoms. The van der Waals surface area contributed by atoms with E-state index in [9.17, 15) is 0 Å². The molecule has 0 amide bonds. The molecule has 0 saturated carbocycles. The second kappa shape index (κ2) is 5.89. The maximum absolute atomic E-state index is 6.14. The van der Waals surface area contributed by atoms with Gasteiger partial charge in [0.05, 0.1) is 5.69 Å². The first kappa shape index (κ1) is 13.5. The van der Waals surface area contributed by atoms with Gasteiger partial charge in [0.15, 0.2) is 5.13 Å². The fourth-order valence-corrected chi connectivity index (χ4v) is 3.69. The Bertz CT molecular complexity index is 567. The Morgan fingerprint density at radius 3 is 3.10 bits per heavy atom. The number of anilines is 1. The summed E-state index contributed by atoms with van der Waals surface area (Å²) < 4.78 is 0. The van der Waals surface area contributed by atoms with Crippen LogP contribution in [0.2, 0.25) is 0 Å². The van der Waals surface area contributed by atoms with Crippen LogP contribution in [0.1, 0.15) is 35.1 Å². The second-order valence-electron chi connectivity index (χ2n) is 5.30. The van der Waals surface area contributed by atoms with Gasteiger partial charge in [0.1, 0.15) is 0 Å². The number of aryl methyl sites for hydroxylation is 1. The third kappa shape index (κ3) is 2.83. The normalized spacial score (nSPS) is 17.8. The molecule has 1 aliphatic rings. The van der Waals surface area contributed by atoms with Crippen molar-refractivity contribution < 1.29 is 0 Å². The number of fused-ring (bicyclic) bond motifs is 1. The van der Waals surface area contributed by atoms with E-state index in [1.165, 1.54) is 11.3 Å². The molecular weight excluding hydrogens is 268 g/mol. The maximum Gasteiger partial charge on any atom is 0.185 e. The van der Waals surface area contributed by atoms with Crippen LogP contribution in [0.15, 0.2) is 24.4 Å². The summed E-state index contributed by atoms with van der Waals surface area (Å²) in [6, 6.07) is 6.18. The highest BCUT2D eigenvalue weighted by Gasteiger charge is 2.22. The number of likely N-dealkylation sites (N-methyl/N-ethyl adjacent to an activating group) is 1. The first-order chi connectivity index (χ1) is 9.74. The predicted molar refractivity (Wildman–Crippen MR) is 83.2 cm³/mol. The van der Waals surface area contributed by atoms with E-state index in [0.29, 0.717) is 0 Å². The molecule has 0 radical (unpaired) electrons. The first-order valence-electron chi connectivity index (χ1n) is 7.10. The number of rotatable bonds is 4. The average molecular weight is 288 g/mol. The number of hydrogen-bond donors (Lipinski definition) is 1. The molecule has 0 aromatic carbocycles. The zero-order chi connectivity index (χ0) is 13.9. The van der Waals surface area contributed by atoms with Crippen LogP contribution in [0, 0.1) is 0 Å². The minimum Gasteiger partial charge on any atom is -0.351 e. The molecule has 106 valence electrons. The van der Waals surface area contributed by atoms with Gasteiger partial charge in [0.2, 0.25) is 0 Å². The van der Waals surface area contributed by atoms with E-state index in [1.54, 1.807) is 11.3 Å². The van der Waals surface area contributed by atoms with Crippen molar-refractivity contribution in [3.63, 3.8) is 0 Å². The van der Waals surface area contributed by atoms with Crippen molar-refractivity contribution in [2.24, 2.45) is 5.73 Å². The lowest BCUT2D eigenvalue weighted by Gasteiger charge is -2.16. The number of thiazole rings is 1. The Morgan fingerprint density at radius 1 is 1.45 bits per heavy atom. The summed E-state index contributed by atoms with van der Waals surface area (Å²) in [5, 5.41) is 1.09. The molecule has 5 heteroatoms. The summed E-state index contributed by atoms with van der Waals surface area (Å²) >= 11 is 1.80. The number of nitrogens with zero attached hydrogens (tertiary/aromatic N) is 3. The number of pyridine rings is 1. The maximum atomic E-state index is 6.14. The van der Waals surface area contributed by atoms with E-state index < -0.39 is 0 Å². The smallest absolute Gasteiger partial charge is 0.185 e. The van der Waals surface area contributed by atoms with E-state index in [4.69, 9.17) is 10.7 Å². The predicted octanol–water partition coefficient (Wildman–Crippen LogP) is 2.55. The zero-order valence-corrected chi connectivity index (χ0v) is 12.6. The van der Waals surface area contributed by atoms with Crippen LogP contribution in [0.4, 0.5) is 5.13 Å². The van der Waals surface area contributed by atoms with Gasteiger partial charge in [-0.25, -0.2) is 4.98 Å². The van der Waals surface area contributed by atoms with Gasteiger partial charge in [-0.15, -0.1) is 11.3 Å². The quantitative estimate of drug-likeness (QED) is 0.939. The molecule has 0 spiro atoms. The number of nitrogens with two attached hydrogens (primary N) is 1. The van der Waals surface area contributed by atoms with Gasteiger partial charge in [-0.05, 0) is 31.4 Å². The van der Waals surface area contributed by atoms with E-state index in [-0.39, 0.29) is 6.04 Å². The molecule has 2 aromatic heterocycles. The molecule has 20 heavy (non-hydrogen) atoms. The molecule has 2 heterocycles. The van der Waals surface area contributed by atoms with Crippen molar-refractivity contribution in [1.82, 2.24) is 9.97 Å². The molecular formula is C15H20N4S. The third-order valence-corrected chi connectivity index (χ3v) is 4.99. The van der Waals surface area contributed by atoms with Crippen molar-refractivity contribution in [3.8, 4) is 0 Å². The molecule has 1 unspecified atom stereocenters. The SMILES string of the molecule is CN(CCc1ccccn1)c1nc2c(s1)CCCC2N. The van der Waals surface area contributed by atoms with Crippen molar-refractivity contribution in [3.05, 3.63) is 40.7 Å². The van der Waals surface area contributed by atoms with Crippen molar-refractivity contribution in [2.75, 3.05) is 18.5 Å². The number of hydrogen-bond acceptors (Lipinski definition) is 5. The van der Waals surface area contributed by atoms with Gasteiger partial charge < -0.3 is 10.6 Å². The minimum atomic E-state index is 0.132. The average Bonchev–Trinajstić information content (AvgIpc) is 2.91. The van der Waals surface area contributed by atoms with Crippen LogP contribution < -0.4 is 10.6 Å². The molecule has 4 nitrogen and oxygen atoms in total. The molecule has 1 aliphatic carbocycles. The summed E-state index contributed by atoms with van der Waals surface area (Å²) in [6.07, 6.45) is 6.17. The van der Waals surface area contributed by atoms with E-state index in [2.05, 4.69) is 23.0 Å². The highest BCUT2D eigenvalue weighted by atomic mass is 32.1. The highest BCUT2D eigenvalue weighted by molar-refractivity contribution is 7.15. The molecule has 2 N–H and O–H groups in total. The van der Waals surface area contributed by atoms with Gasteiger partial charge >= 0.3 is 0 Å². The van der Waals surface area contributed by atoms with Gasteiger partial charge in [-0.3, -0.25) is 4.98 Å². The standard InChI is InChI=1S/C15H20N4S/c1-19(10-8-11-5-2-3-9-17-11)15-18-14-12(16)6-4-7-13(14)20-15/h2-3,5,9,12H,4,6-8,10,16H2,1H3. The Kier molecular flexibility index (Phi) is 3.98. The van der Waals surface area contributed by atoms with Gasteiger partial charge in [-0.1, -0.05) is 6.07 Å². The van der Waals surface area contributed by atoms with Crippen LogP contribution in [-0.4, -0.2) is 23.6 Å². The monoisotopic (exact) mass is 288 g/mol. The molecule has 0 saturated heterocycles. The van der Waals surface area contributed by atoms with Crippen molar-refractivity contribution in [1.29, 1.82) is 0 Å². The van der Waals surface area contributed by atoms with Gasteiger partial charge in [0.25, 0.3) is 0 Å². The molecule has 0 aliphatic heterocycles. The lowest BCUT2D eigenvalue weighted by Crippen LogP contribution is -2.21. The summed E-state index contributed by atoms with van der Waals surface area (Å²) in [7, 11) is 2.10. The fourth-order valence-electron chi connectivity index (χ4n) is 2.53. The number of aromatic nitrogens is 2. The van der Waals surface area contributed by atoms with E-state index in [0.717, 1.165) is 42.3 Å². The fraction of sp³-hybridized carbons (Fsp3) is 0.467. The van der Waals surface area contributed by atoms with Gasteiger partial charge in [-0.2, -0.15) is 0 Å². The van der Waals surface area contributed by atoms with Crippen LogP contribution >= 0.6 is 11.3 Å². The summed E-state index contributed by atoms with van der Waals surface area (Å²) in [5.74, 6) is 0. The highest BCUT2D eigenvalue weighted by Crippen LogP contribution is 2.35. The van der Waals surface area contributed by atoms with Gasteiger partial charge in [0, 0.05) is 42.8 Å². The molecule has 0 fully saturated rings. The second-order valence-corrected chi connectivity index (χ2v) is 6.36. The minimum absolute atomic E-state index is 0.132.